The molecule has 0 radical (unpaired) electrons. The van der Waals surface area contributed by atoms with Crippen LogP contribution in [0.1, 0.15) is 26.2 Å². The van der Waals surface area contributed by atoms with Gasteiger partial charge in [0.1, 0.15) is 5.82 Å². The largest absolute Gasteiger partial charge is 0.481 e. The van der Waals surface area contributed by atoms with Gasteiger partial charge in [-0.15, -0.1) is 0 Å². The molecule has 0 spiro atoms. The molecule has 0 aromatic heterocycles. The normalized spacial score (nSPS) is 10.9. The van der Waals surface area contributed by atoms with Gasteiger partial charge in [-0.05, 0) is 25.0 Å². The van der Waals surface area contributed by atoms with Crippen molar-refractivity contribution in [2.24, 2.45) is 0 Å². The summed E-state index contributed by atoms with van der Waals surface area (Å²) in [6.07, 6.45) is 0.601. The lowest BCUT2D eigenvalue weighted by atomic mass is 10.2. The molecule has 24 heavy (non-hydrogen) atoms. The molecule has 134 valence electrons. The number of halogens is 1. The first-order valence-electron chi connectivity index (χ1n) is 7.30. The molecule has 8 nitrogen and oxygen atoms in total. The fourth-order valence-corrected chi connectivity index (χ4v) is 2.91. The predicted octanol–water partition coefficient (Wildman–Crippen LogP) is 1.96. The highest BCUT2D eigenvalue weighted by molar-refractivity contribution is 7.92. The zero-order valence-electron chi connectivity index (χ0n) is 13.1. The average Bonchev–Trinajstić information content (AvgIpc) is 2.46. The highest BCUT2D eigenvalue weighted by Crippen LogP contribution is 2.20. The van der Waals surface area contributed by atoms with Crippen LogP contribution >= 0.6 is 0 Å². The first-order valence-corrected chi connectivity index (χ1v) is 8.95. The topological polar surface area (TPSA) is 125 Å². The Morgan fingerprint density at radius 2 is 2.00 bits per heavy atom. The Bertz CT molecular complexity index is 694. The number of anilines is 2. The Hall–Kier alpha value is -2.36. The van der Waals surface area contributed by atoms with Crippen molar-refractivity contribution in [3.63, 3.8) is 0 Å². The fraction of sp³-hybridized carbons (Fsp3) is 0.429. The Kier molecular flexibility index (Phi) is 7.43. The number of rotatable bonds is 9. The molecular formula is C14H20FN3O5S. The zero-order chi connectivity index (χ0) is 18.2. The smallest absolute Gasteiger partial charge is 0.319 e. The summed E-state index contributed by atoms with van der Waals surface area (Å²) in [6.45, 7) is 1.84. The summed E-state index contributed by atoms with van der Waals surface area (Å²) < 4.78 is 39.4. The summed E-state index contributed by atoms with van der Waals surface area (Å²) in [5, 5.41) is 13.1. The highest BCUT2D eigenvalue weighted by Gasteiger charge is 2.12. The maximum absolute atomic E-state index is 13.9. The van der Waals surface area contributed by atoms with E-state index < -0.39 is 27.8 Å². The first-order chi connectivity index (χ1) is 11.2. The van der Waals surface area contributed by atoms with Crippen LogP contribution in [0.3, 0.4) is 0 Å². The second-order valence-corrected chi connectivity index (χ2v) is 6.84. The van der Waals surface area contributed by atoms with Gasteiger partial charge in [0.05, 0.1) is 17.1 Å². The van der Waals surface area contributed by atoms with Crippen LogP contribution in [0, 0.1) is 5.82 Å². The Labute approximate surface area is 139 Å². The molecule has 4 N–H and O–H groups in total. The summed E-state index contributed by atoms with van der Waals surface area (Å²) in [5.41, 5.74) is -0.0578. The number of sulfonamides is 1. The number of nitrogens with one attached hydrogen (secondary N) is 3. The minimum Gasteiger partial charge on any atom is -0.481 e. The number of carbonyl (C=O) groups excluding carboxylic acids is 1. The maximum Gasteiger partial charge on any atom is 0.319 e. The lowest BCUT2D eigenvalue weighted by Gasteiger charge is -2.11. The molecule has 0 atom stereocenters. The van der Waals surface area contributed by atoms with E-state index in [1.807, 2.05) is 0 Å². The third-order valence-electron chi connectivity index (χ3n) is 2.82. The van der Waals surface area contributed by atoms with Crippen molar-refractivity contribution < 1.29 is 27.5 Å². The second-order valence-electron chi connectivity index (χ2n) is 4.99. The van der Waals surface area contributed by atoms with Crippen molar-refractivity contribution >= 4 is 33.4 Å². The number of hydrogen-bond donors (Lipinski definition) is 4. The van der Waals surface area contributed by atoms with E-state index in [1.54, 1.807) is 6.92 Å². The molecule has 2 amide bonds. The quantitative estimate of drug-likeness (QED) is 0.501. The highest BCUT2D eigenvalue weighted by atomic mass is 32.2. The van der Waals surface area contributed by atoms with E-state index in [4.69, 9.17) is 5.11 Å². The molecule has 0 aliphatic heterocycles. The van der Waals surface area contributed by atoms with Gasteiger partial charge in [0, 0.05) is 19.0 Å². The molecule has 1 rings (SSSR count). The van der Waals surface area contributed by atoms with E-state index >= 15 is 0 Å². The zero-order valence-corrected chi connectivity index (χ0v) is 14.0. The number of carbonyl (C=O) groups is 2. The number of urea groups is 1. The second kappa shape index (κ2) is 9.06. The molecular weight excluding hydrogens is 341 g/mol. The predicted molar refractivity (Wildman–Crippen MR) is 88.0 cm³/mol. The van der Waals surface area contributed by atoms with Crippen molar-refractivity contribution in [3.8, 4) is 0 Å². The van der Waals surface area contributed by atoms with E-state index in [2.05, 4.69) is 15.4 Å². The van der Waals surface area contributed by atoms with E-state index in [1.165, 1.54) is 12.1 Å². The van der Waals surface area contributed by atoms with Crippen molar-refractivity contribution in [3.05, 3.63) is 24.0 Å². The van der Waals surface area contributed by atoms with Crippen LogP contribution in [0.4, 0.5) is 20.6 Å². The Balaban J connectivity index is 2.58. The number of carboxylic acids is 1. The van der Waals surface area contributed by atoms with Gasteiger partial charge in [-0.3, -0.25) is 9.52 Å². The standard InChI is InChI=1S/C14H20FN3O5S/c1-2-8-24(22,23)18-10-5-6-12(11(15)9-10)17-14(21)16-7-3-4-13(19)20/h5-6,9,18H,2-4,7-8H2,1H3,(H,19,20)(H2,16,17,21). The van der Waals surface area contributed by atoms with Crippen LogP contribution in [0.25, 0.3) is 0 Å². The van der Waals surface area contributed by atoms with E-state index in [0.717, 1.165) is 6.07 Å². The van der Waals surface area contributed by atoms with Crippen molar-refractivity contribution in [2.75, 3.05) is 22.3 Å². The number of carboxylic acid groups (broad SMARTS) is 1. The SMILES string of the molecule is CCCS(=O)(=O)Nc1ccc(NC(=O)NCCCC(=O)O)c(F)c1. The van der Waals surface area contributed by atoms with Gasteiger partial charge in [-0.1, -0.05) is 6.92 Å². The Morgan fingerprint density at radius 1 is 1.29 bits per heavy atom. The van der Waals surface area contributed by atoms with E-state index in [-0.39, 0.29) is 36.5 Å². The summed E-state index contributed by atoms with van der Waals surface area (Å²) >= 11 is 0. The molecule has 1 aromatic carbocycles. The van der Waals surface area contributed by atoms with Crippen LogP contribution in [0.15, 0.2) is 18.2 Å². The molecule has 0 fully saturated rings. The molecule has 0 bridgehead atoms. The third kappa shape index (κ3) is 7.27. The molecule has 1 aromatic rings. The minimum atomic E-state index is -3.52. The summed E-state index contributed by atoms with van der Waals surface area (Å²) in [4.78, 5) is 21.9. The fourth-order valence-electron chi connectivity index (χ4n) is 1.79. The third-order valence-corrected chi connectivity index (χ3v) is 4.31. The van der Waals surface area contributed by atoms with Crippen LogP contribution < -0.4 is 15.4 Å². The minimum absolute atomic E-state index is 0.0633. The van der Waals surface area contributed by atoms with Crippen molar-refractivity contribution in [1.29, 1.82) is 0 Å². The molecule has 10 heteroatoms. The van der Waals surface area contributed by atoms with Crippen LogP contribution in [0.2, 0.25) is 0 Å². The van der Waals surface area contributed by atoms with Gasteiger partial charge in [0.2, 0.25) is 10.0 Å². The van der Waals surface area contributed by atoms with Crippen molar-refractivity contribution in [1.82, 2.24) is 5.32 Å². The number of benzene rings is 1. The molecule has 0 heterocycles. The average molecular weight is 361 g/mol. The number of aliphatic carboxylic acids is 1. The lowest BCUT2D eigenvalue weighted by molar-refractivity contribution is -0.137. The van der Waals surface area contributed by atoms with Gasteiger partial charge < -0.3 is 15.7 Å². The summed E-state index contributed by atoms with van der Waals surface area (Å²) in [6, 6.07) is 2.85. The van der Waals surface area contributed by atoms with Gasteiger partial charge in [0.25, 0.3) is 0 Å². The molecule has 0 unspecified atom stereocenters. The Morgan fingerprint density at radius 3 is 2.58 bits per heavy atom. The maximum atomic E-state index is 13.9. The van der Waals surface area contributed by atoms with Crippen LogP contribution in [-0.2, 0) is 14.8 Å². The molecule has 0 saturated carbocycles. The van der Waals surface area contributed by atoms with Gasteiger partial charge in [-0.25, -0.2) is 17.6 Å². The molecule has 0 saturated heterocycles. The van der Waals surface area contributed by atoms with Crippen LogP contribution in [0.5, 0.6) is 0 Å². The van der Waals surface area contributed by atoms with Crippen molar-refractivity contribution in [2.45, 2.75) is 26.2 Å². The van der Waals surface area contributed by atoms with E-state index in [0.29, 0.717) is 6.42 Å². The lowest BCUT2D eigenvalue weighted by Crippen LogP contribution is -2.30. The first kappa shape index (κ1) is 19.7. The number of hydrogen-bond acceptors (Lipinski definition) is 4. The van der Waals surface area contributed by atoms with Crippen LogP contribution in [-0.4, -0.2) is 37.8 Å². The van der Waals surface area contributed by atoms with E-state index in [9.17, 15) is 22.4 Å². The van der Waals surface area contributed by atoms with Gasteiger partial charge in [-0.2, -0.15) is 0 Å². The molecule has 0 aliphatic rings. The summed E-state index contributed by atoms with van der Waals surface area (Å²) in [7, 11) is -3.52. The van der Waals surface area contributed by atoms with Gasteiger partial charge in [0.15, 0.2) is 0 Å². The summed E-state index contributed by atoms with van der Waals surface area (Å²) in [5.74, 6) is -1.84. The monoisotopic (exact) mass is 361 g/mol. The van der Waals surface area contributed by atoms with Gasteiger partial charge >= 0.3 is 12.0 Å². The molecule has 0 aliphatic carbocycles. The number of amides is 2.